The summed E-state index contributed by atoms with van der Waals surface area (Å²) in [6, 6.07) is 9.33. The van der Waals surface area contributed by atoms with Crippen LogP contribution in [-0.4, -0.2) is 24.9 Å². The van der Waals surface area contributed by atoms with E-state index >= 15 is 0 Å². The summed E-state index contributed by atoms with van der Waals surface area (Å²) >= 11 is 6.86. The van der Waals surface area contributed by atoms with Crippen molar-refractivity contribution in [3.63, 3.8) is 0 Å². The van der Waals surface area contributed by atoms with E-state index in [0.717, 1.165) is 46.9 Å². The van der Waals surface area contributed by atoms with Crippen LogP contribution in [0, 0.1) is 0 Å². The Hall–Kier alpha value is -2.44. The molecule has 0 saturated carbocycles. The van der Waals surface area contributed by atoms with Gasteiger partial charge < -0.3 is 5.32 Å². The SMILES string of the molecule is O=S(c1ccc(-c2cnc3c(c2Cl)C2(CC=CC2)CN3)cc1)n1cccn1. The lowest BCUT2D eigenvalue weighted by Crippen LogP contribution is -2.25. The molecule has 136 valence electrons. The third kappa shape index (κ3) is 2.63. The molecule has 0 amide bonds. The molecule has 1 spiro atoms. The summed E-state index contributed by atoms with van der Waals surface area (Å²) in [5, 5.41) is 8.21. The summed E-state index contributed by atoms with van der Waals surface area (Å²) in [7, 11) is -1.35. The molecule has 1 N–H and O–H groups in total. The lowest BCUT2D eigenvalue weighted by Gasteiger charge is -2.24. The maximum absolute atomic E-state index is 12.5. The van der Waals surface area contributed by atoms with Crippen LogP contribution in [0.25, 0.3) is 11.1 Å². The summed E-state index contributed by atoms with van der Waals surface area (Å²) < 4.78 is 13.9. The highest BCUT2D eigenvalue weighted by Gasteiger charge is 2.42. The molecule has 1 unspecified atom stereocenters. The largest absolute Gasteiger partial charge is 0.369 e. The summed E-state index contributed by atoms with van der Waals surface area (Å²) in [5.74, 6) is 0.892. The maximum atomic E-state index is 12.5. The predicted molar refractivity (Wildman–Crippen MR) is 107 cm³/mol. The van der Waals surface area contributed by atoms with Gasteiger partial charge in [-0.3, -0.25) is 0 Å². The molecule has 27 heavy (non-hydrogen) atoms. The molecular weight excluding hydrogens is 380 g/mol. The Bertz CT molecular complexity index is 1050. The fourth-order valence-corrected chi connectivity index (χ4v) is 5.26. The molecule has 0 saturated heterocycles. The number of pyridine rings is 1. The zero-order chi connectivity index (χ0) is 18.4. The van der Waals surface area contributed by atoms with Crippen molar-refractivity contribution in [2.45, 2.75) is 23.2 Å². The number of anilines is 1. The van der Waals surface area contributed by atoms with Gasteiger partial charge in [0, 0.05) is 35.5 Å². The molecule has 2 aliphatic rings. The highest BCUT2D eigenvalue weighted by molar-refractivity contribution is 7.83. The fraction of sp³-hybridized carbons (Fsp3) is 0.200. The van der Waals surface area contributed by atoms with Crippen LogP contribution >= 0.6 is 11.6 Å². The molecule has 3 aromatic rings. The lowest BCUT2D eigenvalue weighted by atomic mass is 9.80. The second-order valence-electron chi connectivity index (χ2n) is 6.91. The number of aromatic nitrogens is 3. The van der Waals surface area contributed by atoms with E-state index in [0.29, 0.717) is 4.90 Å². The number of rotatable bonds is 3. The Morgan fingerprint density at radius 3 is 2.67 bits per heavy atom. The minimum atomic E-state index is -1.35. The zero-order valence-electron chi connectivity index (χ0n) is 14.4. The van der Waals surface area contributed by atoms with Crippen molar-refractivity contribution in [1.82, 2.24) is 14.2 Å². The van der Waals surface area contributed by atoms with Crippen molar-refractivity contribution in [2.75, 3.05) is 11.9 Å². The van der Waals surface area contributed by atoms with Gasteiger partial charge in [0.2, 0.25) is 0 Å². The number of fused-ring (bicyclic) bond motifs is 2. The van der Waals surface area contributed by atoms with E-state index in [2.05, 4.69) is 27.6 Å². The highest BCUT2D eigenvalue weighted by Crippen LogP contribution is 2.49. The van der Waals surface area contributed by atoms with Gasteiger partial charge in [-0.1, -0.05) is 35.9 Å². The molecular formula is C20H17ClN4OS. The standard InChI is InChI=1S/C20H17ClN4OS/c21-18-16(12-22-19-17(18)20(13-23-19)8-1-2-9-20)14-4-6-15(7-5-14)27(26)25-11-3-10-24-25/h1-7,10-12H,8-9,13H2,(H,22,23). The second kappa shape index (κ2) is 6.32. The average molecular weight is 397 g/mol. The molecule has 0 fully saturated rings. The number of nitrogens with one attached hydrogen (secondary N) is 1. The highest BCUT2D eigenvalue weighted by atomic mass is 35.5. The molecule has 5 rings (SSSR count). The first-order chi connectivity index (χ1) is 13.2. The second-order valence-corrected chi connectivity index (χ2v) is 8.63. The van der Waals surface area contributed by atoms with Crippen molar-refractivity contribution in [2.24, 2.45) is 0 Å². The normalized spacial score (nSPS) is 17.8. The Morgan fingerprint density at radius 2 is 1.96 bits per heavy atom. The third-order valence-corrected chi connectivity index (χ3v) is 6.96. The first-order valence-corrected chi connectivity index (χ1v) is 10.3. The van der Waals surface area contributed by atoms with Crippen molar-refractivity contribution in [1.29, 1.82) is 0 Å². The Morgan fingerprint density at radius 1 is 1.19 bits per heavy atom. The van der Waals surface area contributed by atoms with E-state index in [1.54, 1.807) is 18.5 Å². The lowest BCUT2D eigenvalue weighted by molar-refractivity contribution is 0.509. The molecule has 0 bridgehead atoms. The molecule has 3 heterocycles. The van der Waals surface area contributed by atoms with E-state index < -0.39 is 11.0 Å². The summed E-state index contributed by atoms with van der Waals surface area (Å²) in [6.07, 6.45) is 11.5. The maximum Gasteiger partial charge on any atom is 0.173 e. The van der Waals surface area contributed by atoms with E-state index in [1.807, 2.05) is 30.5 Å². The average Bonchev–Trinajstić information content (AvgIpc) is 3.45. The van der Waals surface area contributed by atoms with Crippen LogP contribution < -0.4 is 5.32 Å². The first-order valence-electron chi connectivity index (χ1n) is 8.78. The van der Waals surface area contributed by atoms with Crippen LogP contribution in [0.4, 0.5) is 5.82 Å². The molecule has 2 aromatic heterocycles. The number of allylic oxidation sites excluding steroid dienone is 2. The quantitative estimate of drug-likeness (QED) is 0.674. The van der Waals surface area contributed by atoms with Crippen LogP contribution in [0.2, 0.25) is 5.02 Å². The van der Waals surface area contributed by atoms with Gasteiger partial charge in [0.05, 0.1) is 16.1 Å². The molecule has 1 aliphatic heterocycles. The Balaban J connectivity index is 1.52. The molecule has 1 aliphatic carbocycles. The summed E-state index contributed by atoms with van der Waals surface area (Å²) in [4.78, 5) is 5.30. The fourth-order valence-electron chi connectivity index (χ4n) is 3.91. The van der Waals surface area contributed by atoms with E-state index in [9.17, 15) is 4.21 Å². The minimum absolute atomic E-state index is 0.0248. The van der Waals surface area contributed by atoms with Gasteiger partial charge in [-0.05, 0) is 36.6 Å². The number of benzene rings is 1. The van der Waals surface area contributed by atoms with E-state index in [1.165, 1.54) is 4.09 Å². The van der Waals surface area contributed by atoms with E-state index in [4.69, 9.17) is 11.6 Å². The Labute approximate surface area is 164 Å². The van der Waals surface area contributed by atoms with Gasteiger partial charge in [-0.25, -0.2) is 9.19 Å². The number of hydrogen-bond acceptors (Lipinski definition) is 4. The van der Waals surface area contributed by atoms with Crippen molar-refractivity contribution < 1.29 is 4.21 Å². The number of hydrogen-bond donors (Lipinski definition) is 1. The number of nitrogens with zero attached hydrogens (tertiary/aromatic N) is 3. The van der Waals surface area contributed by atoms with Gasteiger partial charge in [0.1, 0.15) is 5.82 Å². The van der Waals surface area contributed by atoms with Gasteiger partial charge in [0.25, 0.3) is 0 Å². The zero-order valence-corrected chi connectivity index (χ0v) is 16.0. The summed E-state index contributed by atoms with van der Waals surface area (Å²) in [5.41, 5.74) is 3.01. The topological polar surface area (TPSA) is 59.8 Å². The summed E-state index contributed by atoms with van der Waals surface area (Å²) in [6.45, 7) is 0.868. The van der Waals surface area contributed by atoms with Crippen molar-refractivity contribution in [3.8, 4) is 11.1 Å². The van der Waals surface area contributed by atoms with E-state index in [-0.39, 0.29) is 5.41 Å². The van der Waals surface area contributed by atoms with Gasteiger partial charge >= 0.3 is 0 Å². The molecule has 1 aromatic carbocycles. The van der Waals surface area contributed by atoms with Crippen LogP contribution in [0.1, 0.15) is 18.4 Å². The monoisotopic (exact) mass is 396 g/mol. The predicted octanol–water partition coefficient (Wildman–Crippen LogP) is 4.18. The molecule has 1 atom stereocenters. The third-order valence-electron chi connectivity index (χ3n) is 5.34. The van der Waals surface area contributed by atoms with Crippen LogP contribution in [0.3, 0.4) is 0 Å². The van der Waals surface area contributed by atoms with Crippen LogP contribution in [-0.2, 0) is 16.4 Å². The molecule has 0 radical (unpaired) electrons. The Kier molecular flexibility index (Phi) is 3.91. The van der Waals surface area contributed by atoms with Crippen LogP contribution in [0.15, 0.2) is 66.0 Å². The molecule has 5 nitrogen and oxygen atoms in total. The number of halogens is 1. The van der Waals surface area contributed by atoms with Gasteiger partial charge in [0.15, 0.2) is 11.0 Å². The van der Waals surface area contributed by atoms with Gasteiger partial charge in [-0.15, -0.1) is 0 Å². The minimum Gasteiger partial charge on any atom is -0.369 e. The van der Waals surface area contributed by atoms with Gasteiger partial charge in [-0.2, -0.15) is 9.19 Å². The smallest absolute Gasteiger partial charge is 0.173 e. The molecule has 7 heteroatoms. The first kappa shape index (κ1) is 16.7. The van der Waals surface area contributed by atoms with Crippen molar-refractivity contribution >= 4 is 28.4 Å². The van der Waals surface area contributed by atoms with Crippen molar-refractivity contribution in [3.05, 3.63) is 71.7 Å². The van der Waals surface area contributed by atoms with Crippen LogP contribution in [0.5, 0.6) is 0 Å².